The van der Waals surface area contributed by atoms with Crippen LogP contribution in [-0.4, -0.2) is 33.3 Å². The van der Waals surface area contributed by atoms with Crippen molar-refractivity contribution in [3.63, 3.8) is 0 Å². The van der Waals surface area contributed by atoms with E-state index in [1.165, 1.54) is 0 Å². The van der Waals surface area contributed by atoms with Crippen LogP contribution in [0.5, 0.6) is 0 Å². The minimum Gasteiger partial charge on any atom is -0.347 e. The third-order valence-electron chi connectivity index (χ3n) is 3.36. The second-order valence-corrected chi connectivity index (χ2v) is 8.03. The molecule has 0 aliphatic heterocycles. The van der Waals surface area contributed by atoms with Gasteiger partial charge >= 0.3 is 0 Å². The van der Waals surface area contributed by atoms with Crippen LogP contribution in [0.25, 0.3) is 0 Å². The fourth-order valence-corrected chi connectivity index (χ4v) is 3.44. The number of hydrogen-bond donors (Lipinski definition) is 3. The SMILES string of the molecule is O=C(CCNS(=O)(=O)c1ccc(F)cc1)NCC(=O)Nc1ccccc1Br. The standard InChI is InChI=1S/C17H17BrFN3O4S/c18-14-3-1-2-4-15(14)22-17(24)11-20-16(23)9-10-21-27(25,26)13-7-5-12(19)6-8-13/h1-8,21H,9-11H2,(H,20,23)(H,22,24). The number of hydrogen-bond acceptors (Lipinski definition) is 4. The van der Waals surface area contributed by atoms with Crippen molar-refractivity contribution in [1.29, 1.82) is 0 Å². The van der Waals surface area contributed by atoms with E-state index in [4.69, 9.17) is 0 Å². The molecule has 0 aliphatic rings. The van der Waals surface area contributed by atoms with Gasteiger partial charge in [0.15, 0.2) is 0 Å². The second-order valence-electron chi connectivity index (χ2n) is 5.41. The maximum atomic E-state index is 12.8. The van der Waals surface area contributed by atoms with Gasteiger partial charge in [-0.05, 0) is 52.3 Å². The molecule has 2 rings (SSSR count). The molecule has 2 amide bonds. The summed E-state index contributed by atoms with van der Waals surface area (Å²) in [6, 6.07) is 11.3. The molecule has 0 radical (unpaired) electrons. The number of anilines is 1. The van der Waals surface area contributed by atoms with Crippen molar-refractivity contribution < 1.29 is 22.4 Å². The minimum atomic E-state index is -3.83. The zero-order valence-electron chi connectivity index (χ0n) is 14.0. The molecule has 0 spiro atoms. The molecule has 7 nitrogen and oxygen atoms in total. The zero-order chi connectivity index (χ0) is 19.9. The van der Waals surface area contributed by atoms with E-state index < -0.39 is 27.7 Å². The highest BCUT2D eigenvalue weighted by Gasteiger charge is 2.14. The molecule has 0 fully saturated rings. The first-order chi connectivity index (χ1) is 12.8. The van der Waals surface area contributed by atoms with Crippen LogP contribution in [0.1, 0.15) is 6.42 Å². The van der Waals surface area contributed by atoms with Gasteiger partial charge in [0.1, 0.15) is 5.82 Å². The van der Waals surface area contributed by atoms with Gasteiger partial charge in [-0.3, -0.25) is 9.59 Å². The van der Waals surface area contributed by atoms with Crippen molar-refractivity contribution >= 4 is 43.5 Å². The van der Waals surface area contributed by atoms with Crippen molar-refractivity contribution in [2.75, 3.05) is 18.4 Å². The van der Waals surface area contributed by atoms with Gasteiger partial charge in [0, 0.05) is 17.4 Å². The molecule has 0 heterocycles. The number of nitrogens with one attached hydrogen (secondary N) is 3. The molecule has 3 N–H and O–H groups in total. The van der Waals surface area contributed by atoms with Gasteiger partial charge in [0.05, 0.1) is 17.1 Å². The second kappa shape index (κ2) is 9.58. The zero-order valence-corrected chi connectivity index (χ0v) is 16.4. The molecular weight excluding hydrogens is 441 g/mol. The molecule has 144 valence electrons. The van der Waals surface area contributed by atoms with Crippen molar-refractivity contribution in [1.82, 2.24) is 10.0 Å². The fraction of sp³-hybridized carbons (Fsp3) is 0.176. The van der Waals surface area contributed by atoms with Crippen molar-refractivity contribution in [3.8, 4) is 0 Å². The fourth-order valence-electron chi connectivity index (χ4n) is 2.02. The van der Waals surface area contributed by atoms with Gasteiger partial charge in [-0.2, -0.15) is 0 Å². The summed E-state index contributed by atoms with van der Waals surface area (Å²) in [6.07, 6.45) is -0.150. The molecule has 27 heavy (non-hydrogen) atoms. The number of sulfonamides is 1. The first kappa shape index (κ1) is 21.0. The summed E-state index contributed by atoms with van der Waals surface area (Å²) in [4.78, 5) is 23.5. The highest BCUT2D eigenvalue weighted by molar-refractivity contribution is 9.10. The van der Waals surface area contributed by atoms with E-state index in [2.05, 4.69) is 31.3 Å². The average Bonchev–Trinajstić information content (AvgIpc) is 2.62. The van der Waals surface area contributed by atoms with Gasteiger partial charge in [-0.25, -0.2) is 17.5 Å². The van der Waals surface area contributed by atoms with Crippen LogP contribution in [0.3, 0.4) is 0 Å². The predicted molar refractivity (Wildman–Crippen MR) is 102 cm³/mol. The molecule has 2 aromatic rings. The summed E-state index contributed by atoms with van der Waals surface area (Å²) in [5, 5.41) is 5.03. The number of rotatable bonds is 8. The van der Waals surface area contributed by atoms with E-state index in [1.807, 2.05) is 0 Å². The van der Waals surface area contributed by atoms with E-state index in [9.17, 15) is 22.4 Å². The normalized spacial score (nSPS) is 11.0. The van der Waals surface area contributed by atoms with Crippen molar-refractivity contribution in [2.45, 2.75) is 11.3 Å². The maximum absolute atomic E-state index is 12.8. The third-order valence-corrected chi connectivity index (χ3v) is 5.53. The Bertz CT molecular complexity index is 920. The van der Waals surface area contributed by atoms with Crippen LogP contribution in [-0.2, 0) is 19.6 Å². The number of benzene rings is 2. The van der Waals surface area contributed by atoms with Crippen LogP contribution in [0.4, 0.5) is 10.1 Å². The van der Waals surface area contributed by atoms with E-state index in [-0.39, 0.29) is 24.4 Å². The highest BCUT2D eigenvalue weighted by Crippen LogP contribution is 2.20. The minimum absolute atomic E-state index is 0.0999. The third kappa shape index (κ3) is 6.74. The van der Waals surface area contributed by atoms with Gasteiger partial charge in [-0.15, -0.1) is 0 Å². The summed E-state index contributed by atoms with van der Waals surface area (Å²) in [6.45, 7) is -0.401. The number of para-hydroxylation sites is 1. The molecule has 0 aliphatic carbocycles. The summed E-state index contributed by atoms with van der Waals surface area (Å²) < 4.78 is 39.8. The lowest BCUT2D eigenvalue weighted by Crippen LogP contribution is -2.35. The van der Waals surface area contributed by atoms with Gasteiger partial charge in [0.25, 0.3) is 0 Å². The smallest absolute Gasteiger partial charge is 0.243 e. The van der Waals surface area contributed by atoms with Crippen LogP contribution in [0.15, 0.2) is 57.9 Å². The Morgan fingerprint density at radius 1 is 1.00 bits per heavy atom. The molecule has 0 bridgehead atoms. The molecule has 2 aromatic carbocycles. The summed E-state index contributed by atoms with van der Waals surface area (Å²) in [7, 11) is -3.83. The Hall–Kier alpha value is -2.30. The van der Waals surface area contributed by atoms with Gasteiger partial charge in [0.2, 0.25) is 21.8 Å². The average molecular weight is 458 g/mol. The molecule has 0 unspecified atom stereocenters. The largest absolute Gasteiger partial charge is 0.347 e. The molecule has 0 saturated carbocycles. The van der Waals surface area contributed by atoms with Gasteiger partial charge < -0.3 is 10.6 Å². The lowest BCUT2D eigenvalue weighted by Gasteiger charge is -2.09. The molecule has 10 heteroatoms. The van der Waals surface area contributed by atoms with E-state index in [0.717, 1.165) is 24.3 Å². The monoisotopic (exact) mass is 457 g/mol. The first-order valence-corrected chi connectivity index (χ1v) is 10.1. The predicted octanol–water partition coefficient (Wildman–Crippen LogP) is 2.01. The maximum Gasteiger partial charge on any atom is 0.243 e. The van der Waals surface area contributed by atoms with Crippen LogP contribution < -0.4 is 15.4 Å². The van der Waals surface area contributed by atoms with E-state index in [0.29, 0.717) is 10.2 Å². The number of carbonyl (C=O) groups is 2. The topological polar surface area (TPSA) is 104 Å². The number of halogens is 2. The first-order valence-electron chi connectivity index (χ1n) is 7.84. The molecular formula is C17H17BrFN3O4S. The molecule has 0 atom stereocenters. The van der Waals surface area contributed by atoms with Crippen LogP contribution >= 0.6 is 15.9 Å². The Morgan fingerprint density at radius 3 is 2.33 bits per heavy atom. The lowest BCUT2D eigenvalue weighted by molar-refractivity contribution is -0.124. The van der Waals surface area contributed by atoms with Crippen LogP contribution in [0.2, 0.25) is 0 Å². The Labute approximate surface area is 164 Å². The van der Waals surface area contributed by atoms with E-state index >= 15 is 0 Å². The Balaban J connectivity index is 1.74. The van der Waals surface area contributed by atoms with Crippen LogP contribution in [0, 0.1) is 5.82 Å². The van der Waals surface area contributed by atoms with Crippen molar-refractivity contribution in [2.24, 2.45) is 0 Å². The molecule has 0 saturated heterocycles. The highest BCUT2D eigenvalue weighted by atomic mass is 79.9. The number of carbonyl (C=O) groups excluding carboxylic acids is 2. The summed E-state index contributed by atoms with van der Waals surface area (Å²) in [5.41, 5.74) is 0.573. The molecule has 0 aromatic heterocycles. The quantitative estimate of drug-likeness (QED) is 0.563. The Kier molecular flexibility index (Phi) is 7.45. The Morgan fingerprint density at radius 2 is 1.67 bits per heavy atom. The summed E-state index contributed by atoms with van der Waals surface area (Å²) in [5.74, 6) is -1.45. The lowest BCUT2D eigenvalue weighted by atomic mass is 10.3. The van der Waals surface area contributed by atoms with E-state index in [1.54, 1.807) is 24.3 Å². The van der Waals surface area contributed by atoms with Crippen molar-refractivity contribution in [3.05, 3.63) is 58.8 Å². The summed E-state index contributed by atoms with van der Waals surface area (Å²) >= 11 is 3.29. The van der Waals surface area contributed by atoms with Gasteiger partial charge in [-0.1, -0.05) is 12.1 Å². The number of amides is 2.